The van der Waals surface area contributed by atoms with Gasteiger partial charge in [0.1, 0.15) is 16.8 Å². The van der Waals surface area contributed by atoms with Gasteiger partial charge >= 0.3 is 0 Å². The smallest absolute Gasteiger partial charge is 0.244 e. The van der Waals surface area contributed by atoms with Crippen LogP contribution in [0.3, 0.4) is 0 Å². The Morgan fingerprint density at radius 1 is 1.22 bits per heavy atom. The third kappa shape index (κ3) is 3.85. The number of sulfonamides is 1. The van der Waals surface area contributed by atoms with Crippen molar-refractivity contribution < 1.29 is 22.4 Å². The minimum absolute atomic E-state index is 0.0429. The Morgan fingerprint density at radius 3 is 2.56 bits per heavy atom. The molecule has 0 amide bonds. The van der Waals surface area contributed by atoms with Crippen LogP contribution in [-0.4, -0.2) is 29.8 Å². The van der Waals surface area contributed by atoms with E-state index in [4.69, 9.17) is 8.83 Å². The number of hydrogen-bond acceptors (Lipinski definition) is 6. The van der Waals surface area contributed by atoms with Crippen molar-refractivity contribution in [1.82, 2.24) is 14.5 Å². The monoisotopic (exact) mass is 393 g/mol. The van der Waals surface area contributed by atoms with Crippen molar-refractivity contribution >= 4 is 10.0 Å². The third-order valence-corrected chi connectivity index (χ3v) is 5.88. The number of hydrogen-bond donors (Lipinski definition) is 2. The summed E-state index contributed by atoms with van der Waals surface area (Å²) in [5, 5.41) is 14.6. The van der Waals surface area contributed by atoms with Gasteiger partial charge in [0, 0.05) is 12.6 Å². The molecule has 0 spiro atoms. The van der Waals surface area contributed by atoms with Crippen LogP contribution in [0.1, 0.15) is 43.1 Å². The van der Waals surface area contributed by atoms with Gasteiger partial charge in [0.15, 0.2) is 11.5 Å². The molecule has 0 fully saturated rings. The number of aryl methyl sites for hydroxylation is 1. The Hall–Kier alpha value is -2.36. The summed E-state index contributed by atoms with van der Waals surface area (Å²) in [6, 6.07) is 6.75. The van der Waals surface area contributed by atoms with E-state index in [9.17, 15) is 13.5 Å². The molecule has 8 nitrogen and oxygen atoms in total. The first kappa shape index (κ1) is 19.4. The van der Waals surface area contributed by atoms with E-state index in [2.05, 4.69) is 9.82 Å². The first-order chi connectivity index (χ1) is 12.7. The normalized spacial score (nSPS) is 13.4. The minimum Gasteiger partial charge on any atom is -0.461 e. The van der Waals surface area contributed by atoms with Crippen LogP contribution in [0.2, 0.25) is 0 Å². The SMILES string of the molecule is Cc1nn(C(C)C)c(C)c1S(=O)(=O)NCC(O)c1ccc(-c2ccco2)o1. The van der Waals surface area contributed by atoms with E-state index in [1.54, 1.807) is 42.8 Å². The van der Waals surface area contributed by atoms with Crippen molar-refractivity contribution in [3.05, 3.63) is 47.7 Å². The molecule has 1 unspecified atom stereocenters. The fraction of sp³-hybridized carbons (Fsp3) is 0.389. The van der Waals surface area contributed by atoms with Crippen molar-refractivity contribution in [1.29, 1.82) is 0 Å². The molecule has 0 aromatic carbocycles. The Balaban J connectivity index is 1.74. The first-order valence-corrected chi connectivity index (χ1v) is 10.1. The van der Waals surface area contributed by atoms with Gasteiger partial charge in [-0.05, 0) is 52.0 Å². The van der Waals surface area contributed by atoms with Crippen molar-refractivity contribution in [3.63, 3.8) is 0 Å². The standard InChI is InChI=1S/C18H23N3O5S/c1-11(2)21-13(4)18(12(3)20-21)27(23,24)19-10-14(22)15-7-8-17(26-15)16-6-5-9-25-16/h5-9,11,14,19,22H,10H2,1-4H3. The molecular weight excluding hydrogens is 370 g/mol. The number of rotatable bonds is 7. The van der Waals surface area contributed by atoms with Crippen LogP contribution in [0.4, 0.5) is 0 Å². The van der Waals surface area contributed by atoms with Gasteiger partial charge in [-0.1, -0.05) is 0 Å². The summed E-state index contributed by atoms with van der Waals surface area (Å²) in [6.07, 6.45) is 0.383. The summed E-state index contributed by atoms with van der Waals surface area (Å²) in [4.78, 5) is 0.138. The number of aliphatic hydroxyl groups excluding tert-OH is 1. The molecule has 3 aromatic heterocycles. The zero-order chi connectivity index (χ0) is 19.8. The predicted octanol–water partition coefficient (Wildman–Crippen LogP) is 2.95. The van der Waals surface area contributed by atoms with Gasteiger partial charge in [0.05, 0.1) is 17.7 Å². The minimum atomic E-state index is -3.83. The molecule has 0 bridgehead atoms. The molecule has 3 aromatic rings. The van der Waals surface area contributed by atoms with Crippen LogP contribution in [-0.2, 0) is 10.0 Å². The lowest BCUT2D eigenvalue weighted by atomic mass is 10.3. The fourth-order valence-electron chi connectivity index (χ4n) is 2.98. The second kappa shape index (κ2) is 7.34. The van der Waals surface area contributed by atoms with Crippen LogP contribution >= 0.6 is 0 Å². The quantitative estimate of drug-likeness (QED) is 0.638. The van der Waals surface area contributed by atoms with Gasteiger partial charge in [0.25, 0.3) is 0 Å². The lowest BCUT2D eigenvalue weighted by Gasteiger charge is -2.12. The lowest BCUT2D eigenvalue weighted by Crippen LogP contribution is -2.29. The molecule has 3 rings (SSSR count). The third-order valence-electron chi connectivity index (χ3n) is 4.20. The Labute approximate surface area is 157 Å². The number of nitrogens with zero attached hydrogens (tertiary/aromatic N) is 2. The average Bonchev–Trinajstić information content (AvgIpc) is 3.31. The molecule has 27 heavy (non-hydrogen) atoms. The van der Waals surface area contributed by atoms with Crippen LogP contribution in [0.5, 0.6) is 0 Å². The Bertz CT molecular complexity index is 1020. The Kier molecular flexibility index (Phi) is 5.27. The maximum Gasteiger partial charge on any atom is 0.244 e. The van der Waals surface area contributed by atoms with Crippen molar-refractivity contribution in [3.8, 4) is 11.5 Å². The zero-order valence-electron chi connectivity index (χ0n) is 15.6. The molecule has 0 saturated heterocycles. The van der Waals surface area contributed by atoms with Gasteiger partial charge in [-0.25, -0.2) is 13.1 Å². The summed E-state index contributed by atoms with van der Waals surface area (Å²) in [7, 11) is -3.83. The highest BCUT2D eigenvalue weighted by molar-refractivity contribution is 7.89. The highest BCUT2D eigenvalue weighted by atomic mass is 32.2. The van der Waals surface area contributed by atoms with Gasteiger partial charge in [-0.15, -0.1) is 0 Å². The highest BCUT2D eigenvalue weighted by Gasteiger charge is 2.26. The van der Waals surface area contributed by atoms with Gasteiger partial charge in [0.2, 0.25) is 10.0 Å². The van der Waals surface area contributed by atoms with Crippen molar-refractivity contribution in [2.75, 3.05) is 6.54 Å². The number of aliphatic hydroxyl groups is 1. The van der Waals surface area contributed by atoms with Gasteiger partial charge in [-0.2, -0.15) is 5.10 Å². The van der Waals surface area contributed by atoms with Crippen LogP contribution in [0.15, 0.2) is 44.3 Å². The van der Waals surface area contributed by atoms with Gasteiger partial charge in [-0.3, -0.25) is 4.68 Å². The zero-order valence-corrected chi connectivity index (χ0v) is 16.4. The molecule has 0 saturated carbocycles. The molecule has 0 aliphatic carbocycles. The number of nitrogens with one attached hydrogen (secondary N) is 1. The molecule has 2 N–H and O–H groups in total. The topological polar surface area (TPSA) is 110 Å². The largest absolute Gasteiger partial charge is 0.461 e. The summed E-state index contributed by atoms with van der Waals surface area (Å²) in [5.74, 6) is 1.23. The summed E-state index contributed by atoms with van der Waals surface area (Å²) < 4.78 is 40.3. The van der Waals surface area contributed by atoms with E-state index in [-0.39, 0.29) is 23.2 Å². The molecule has 0 aliphatic heterocycles. The van der Waals surface area contributed by atoms with E-state index in [0.29, 0.717) is 22.9 Å². The number of furan rings is 2. The molecular formula is C18H23N3O5S. The van der Waals surface area contributed by atoms with Gasteiger partial charge < -0.3 is 13.9 Å². The molecule has 9 heteroatoms. The molecule has 3 heterocycles. The van der Waals surface area contributed by atoms with Crippen LogP contribution in [0, 0.1) is 13.8 Å². The molecule has 1 atom stereocenters. The summed E-state index contributed by atoms with van der Waals surface area (Å²) >= 11 is 0. The summed E-state index contributed by atoms with van der Waals surface area (Å²) in [6.45, 7) is 7.01. The number of aromatic nitrogens is 2. The second-order valence-electron chi connectivity index (χ2n) is 6.59. The van der Waals surface area contributed by atoms with Crippen LogP contribution in [0.25, 0.3) is 11.5 Å². The molecule has 0 radical (unpaired) electrons. The maximum atomic E-state index is 12.7. The van der Waals surface area contributed by atoms with E-state index in [1.165, 1.54) is 6.26 Å². The molecule has 146 valence electrons. The van der Waals surface area contributed by atoms with E-state index < -0.39 is 16.1 Å². The van der Waals surface area contributed by atoms with E-state index >= 15 is 0 Å². The maximum absolute atomic E-state index is 12.7. The average molecular weight is 393 g/mol. The molecule has 0 aliphatic rings. The Morgan fingerprint density at radius 2 is 1.96 bits per heavy atom. The second-order valence-corrected chi connectivity index (χ2v) is 8.29. The predicted molar refractivity (Wildman–Crippen MR) is 98.6 cm³/mol. The van der Waals surface area contributed by atoms with E-state index in [1.807, 2.05) is 13.8 Å². The summed E-state index contributed by atoms with van der Waals surface area (Å²) in [5.41, 5.74) is 0.976. The van der Waals surface area contributed by atoms with Crippen LogP contribution < -0.4 is 4.72 Å². The van der Waals surface area contributed by atoms with Crippen molar-refractivity contribution in [2.24, 2.45) is 0 Å². The fourth-order valence-corrected chi connectivity index (χ4v) is 4.42. The highest BCUT2D eigenvalue weighted by Crippen LogP contribution is 2.26. The van der Waals surface area contributed by atoms with Crippen molar-refractivity contribution in [2.45, 2.75) is 44.7 Å². The lowest BCUT2D eigenvalue weighted by molar-refractivity contribution is 0.154. The van der Waals surface area contributed by atoms with E-state index in [0.717, 1.165) is 0 Å². The first-order valence-electron chi connectivity index (χ1n) is 8.57.